The van der Waals surface area contributed by atoms with Gasteiger partial charge in [-0.3, -0.25) is 14.7 Å². The number of rotatable bonds is 6. The van der Waals surface area contributed by atoms with Crippen LogP contribution >= 0.6 is 0 Å². The number of H-pyrrole nitrogens is 1. The van der Waals surface area contributed by atoms with Crippen molar-refractivity contribution in [2.75, 3.05) is 17.7 Å². The normalized spacial score (nSPS) is 10.5. The topological polar surface area (TPSA) is 112 Å². The highest BCUT2D eigenvalue weighted by Gasteiger charge is 2.19. The SMILES string of the molecule is CNC(=O)c1cnc(Nc2ccccc2C)c(NC(=O)c2cn[nH]c2-c2ccc(F)cc2)c1. The number of carbonyl (C=O) groups is 2. The van der Waals surface area contributed by atoms with Crippen molar-refractivity contribution in [1.29, 1.82) is 0 Å². The van der Waals surface area contributed by atoms with E-state index in [1.54, 1.807) is 18.2 Å². The van der Waals surface area contributed by atoms with E-state index >= 15 is 0 Å². The molecule has 2 aromatic heterocycles. The molecule has 0 aliphatic carbocycles. The molecule has 4 aromatic rings. The fourth-order valence-electron chi connectivity index (χ4n) is 3.25. The summed E-state index contributed by atoms with van der Waals surface area (Å²) in [6.45, 7) is 1.94. The Morgan fingerprint density at radius 3 is 2.45 bits per heavy atom. The van der Waals surface area contributed by atoms with E-state index in [9.17, 15) is 14.0 Å². The Labute approximate surface area is 189 Å². The second kappa shape index (κ2) is 9.31. The largest absolute Gasteiger partial charge is 0.355 e. The molecule has 0 unspecified atom stereocenters. The molecule has 0 spiro atoms. The first kappa shape index (κ1) is 21.7. The van der Waals surface area contributed by atoms with E-state index in [1.165, 1.54) is 31.6 Å². The molecule has 4 rings (SSSR count). The lowest BCUT2D eigenvalue weighted by Crippen LogP contribution is -2.20. The molecule has 4 N–H and O–H groups in total. The summed E-state index contributed by atoms with van der Waals surface area (Å²) in [5.41, 5.74) is 3.70. The van der Waals surface area contributed by atoms with Crippen LogP contribution in [0.3, 0.4) is 0 Å². The quantitative estimate of drug-likeness (QED) is 0.355. The van der Waals surface area contributed by atoms with Crippen LogP contribution in [0.4, 0.5) is 21.6 Å². The number of aromatic amines is 1. The van der Waals surface area contributed by atoms with E-state index in [-0.39, 0.29) is 22.9 Å². The lowest BCUT2D eigenvalue weighted by molar-refractivity contribution is 0.0961. The van der Waals surface area contributed by atoms with Gasteiger partial charge in [0.05, 0.1) is 28.7 Å². The van der Waals surface area contributed by atoms with Gasteiger partial charge in [-0.1, -0.05) is 18.2 Å². The van der Waals surface area contributed by atoms with Crippen molar-refractivity contribution < 1.29 is 14.0 Å². The number of carbonyl (C=O) groups excluding carboxylic acids is 2. The van der Waals surface area contributed by atoms with Crippen LogP contribution in [0.15, 0.2) is 67.0 Å². The molecule has 2 aromatic carbocycles. The Balaban J connectivity index is 1.68. The molecule has 0 aliphatic heterocycles. The summed E-state index contributed by atoms with van der Waals surface area (Å²) in [5, 5.41) is 15.3. The first-order valence-corrected chi connectivity index (χ1v) is 10.1. The monoisotopic (exact) mass is 444 g/mol. The molecule has 0 atom stereocenters. The van der Waals surface area contributed by atoms with E-state index in [0.29, 0.717) is 22.8 Å². The van der Waals surface area contributed by atoms with Gasteiger partial charge in [0.2, 0.25) is 0 Å². The van der Waals surface area contributed by atoms with Gasteiger partial charge < -0.3 is 16.0 Å². The summed E-state index contributed by atoms with van der Waals surface area (Å²) in [5.74, 6) is -0.812. The molecule has 0 fully saturated rings. The molecule has 0 radical (unpaired) electrons. The van der Waals surface area contributed by atoms with Crippen LogP contribution in [0.25, 0.3) is 11.3 Å². The van der Waals surface area contributed by atoms with Crippen LogP contribution in [0.5, 0.6) is 0 Å². The van der Waals surface area contributed by atoms with Crippen molar-refractivity contribution in [3.05, 3.63) is 89.5 Å². The molecular weight excluding hydrogens is 423 g/mol. The average Bonchev–Trinajstić information content (AvgIpc) is 3.31. The van der Waals surface area contributed by atoms with Gasteiger partial charge in [0, 0.05) is 24.5 Å². The maximum absolute atomic E-state index is 13.3. The average molecular weight is 444 g/mol. The fourth-order valence-corrected chi connectivity index (χ4v) is 3.25. The number of nitrogens with zero attached hydrogens (tertiary/aromatic N) is 2. The third kappa shape index (κ3) is 4.72. The Bertz CT molecular complexity index is 1320. The van der Waals surface area contributed by atoms with Crippen molar-refractivity contribution in [2.24, 2.45) is 0 Å². The van der Waals surface area contributed by atoms with Gasteiger partial charge in [0.1, 0.15) is 5.82 Å². The van der Waals surface area contributed by atoms with Crippen molar-refractivity contribution in [1.82, 2.24) is 20.5 Å². The van der Waals surface area contributed by atoms with Crippen molar-refractivity contribution in [3.63, 3.8) is 0 Å². The molecule has 2 heterocycles. The third-order valence-corrected chi connectivity index (χ3v) is 5.04. The van der Waals surface area contributed by atoms with Crippen LogP contribution in [0.1, 0.15) is 26.3 Å². The summed E-state index contributed by atoms with van der Waals surface area (Å²) in [7, 11) is 1.51. The first-order valence-electron chi connectivity index (χ1n) is 10.1. The van der Waals surface area contributed by atoms with E-state index in [1.807, 2.05) is 31.2 Å². The number of hydrogen-bond donors (Lipinski definition) is 4. The van der Waals surface area contributed by atoms with Crippen LogP contribution in [0, 0.1) is 12.7 Å². The Morgan fingerprint density at radius 1 is 0.970 bits per heavy atom. The number of amides is 2. The first-order chi connectivity index (χ1) is 16.0. The molecule has 9 heteroatoms. The number of pyridine rings is 1. The minimum Gasteiger partial charge on any atom is -0.355 e. The minimum absolute atomic E-state index is 0.258. The second-order valence-electron chi connectivity index (χ2n) is 7.26. The number of aromatic nitrogens is 3. The zero-order valence-electron chi connectivity index (χ0n) is 17.9. The number of para-hydroxylation sites is 1. The summed E-state index contributed by atoms with van der Waals surface area (Å²) in [4.78, 5) is 29.7. The molecule has 166 valence electrons. The number of nitrogens with one attached hydrogen (secondary N) is 4. The fraction of sp³-hybridized carbons (Fsp3) is 0.0833. The third-order valence-electron chi connectivity index (χ3n) is 5.04. The van der Waals surface area contributed by atoms with Gasteiger partial charge in [-0.05, 0) is 48.9 Å². The van der Waals surface area contributed by atoms with Gasteiger partial charge in [-0.15, -0.1) is 0 Å². The highest BCUT2D eigenvalue weighted by molar-refractivity contribution is 6.09. The predicted octanol–water partition coefficient (Wildman–Crippen LogP) is 4.27. The van der Waals surface area contributed by atoms with Crippen molar-refractivity contribution >= 4 is 29.0 Å². The van der Waals surface area contributed by atoms with E-state index in [2.05, 4.69) is 31.1 Å². The maximum Gasteiger partial charge on any atom is 0.259 e. The molecule has 0 saturated carbocycles. The van der Waals surface area contributed by atoms with Gasteiger partial charge in [-0.25, -0.2) is 9.37 Å². The van der Waals surface area contributed by atoms with E-state index in [4.69, 9.17) is 0 Å². The van der Waals surface area contributed by atoms with Gasteiger partial charge >= 0.3 is 0 Å². The molecule has 0 aliphatic rings. The van der Waals surface area contributed by atoms with E-state index < -0.39 is 5.91 Å². The van der Waals surface area contributed by atoms with Crippen LogP contribution in [-0.2, 0) is 0 Å². The second-order valence-corrected chi connectivity index (χ2v) is 7.26. The van der Waals surface area contributed by atoms with Crippen LogP contribution in [-0.4, -0.2) is 34.0 Å². The summed E-state index contributed by atoms with van der Waals surface area (Å²) in [6.07, 6.45) is 2.81. The Hall–Kier alpha value is -4.53. The number of hydrogen-bond acceptors (Lipinski definition) is 5. The lowest BCUT2D eigenvalue weighted by atomic mass is 10.1. The maximum atomic E-state index is 13.3. The predicted molar refractivity (Wildman–Crippen MR) is 124 cm³/mol. The molecule has 0 bridgehead atoms. The molecule has 8 nitrogen and oxygen atoms in total. The highest BCUT2D eigenvalue weighted by Crippen LogP contribution is 2.28. The molecule has 0 saturated heterocycles. The van der Waals surface area contributed by atoms with Gasteiger partial charge in [-0.2, -0.15) is 5.10 Å². The number of anilines is 3. The van der Waals surface area contributed by atoms with Crippen LogP contribution < -0.4 is 16.0 Å². The van der Waals surface area contributed by atoms with Crippen molar-refractivity contribution in [3.8, 4) is 11.3 Å². The lowest BCUT2D eigenvalue weighted by Gasteiger charge is -2.15. The molecule has 2 amide bonds. The van der Waals surface area contributed by atoms with E-state index in [0.717, 1.165) is 11.3 Å². The number of aryl methyl sites for hydroxylation is 1. The zero-order valence-corrected chi connectivity index (χ0v) is 17.9. The summed E-state index contributed by atoms with van der Waals surface area (Å²) in [6, 6.07) is 14.9. The zero-order chi connectivity index (χ0) is 23.4. The number of halogens is 1. The standard InChI is InChI=1S/C24H21FN6O2/c1-14-5-3-4-6-19(14)29-22-20(11-16(12-27-22)23(32)26-2)30-24(33)18-13-28-31-21(18)15-7-9-17(25)10-8-15/h3-13H,1-2H3,(H,26,32)(H,27,29)(H,28,31)(H,30,33). The molecule has 33 heavy (non-hydrogen) atoms. The van der Waals surface area contributed by atoms with Crippen molar-refractivity contribution in [2.45, 2.75) is 6.92 Å². The molecular formula is C24H21FN6O2. The summed E-state index contributed by atoms with van der Waals surface area (Å²) < 4.78 is 13.3. The number of benzene rings is 2. The van der Waals surface area contributed by atoms with Crippen LogP contribution in [0.2, 0.25) is 0 Å². The summed E-state index contributed by atoms with van der Waals surface area (Å²) >= 11 is 0. The highest BCUT2D eigenvalue weighted by atomic mass is 19.1. The smallest absolute Gasteiger partial charge is 0.259 e. The Kier molecular flexibility index (Phi) is 6.12. The van der Waals surface area contributed by atoms with Gasteiger partial charge in [0.15, 0.2) is 5.82 Å². The Morgan fingerprint density at radius 2 is 1.73 bits per heavy atom. The minimum atomic E-state index is -0.466. The van der Waals surface area contributed by atoms with Gasteiger partial charge in [0.25, 0.3) is 11.8 Å².